The molecule has 19 heavy (non-hydrogen) atoms. The van der Waals surface area contributed by atoms with Gasteiger partial charge in [0.15, 0.2) is 5.65 Å². The van der Waals surface area contributed by atoms with E-state index in [1.807, 2.05) is 6.92 Å². The van der Waals surface area contributed by atoms with E-state index in [-0.39, 0.29) is 17.8 Å². The second-order valence-electron chi connectivity index (χ2n) is 4.30. The van der Waals surface area contributed by atoms with E-state index in [4.69, 9.17) is 4.84 Å². The highest BCUT2D eigenvalue weighted by molar-refractivity contribution is 5.71. The fourth-order valence-corrected chi connectivity index (χ4v) is 1.62. The number of unbranched alkanes of at least 4 members (excludes halogenated alkanes) is 1. The van der Waals surface area contributed by atoms with Crippen LogP contribution in [0.2, 0.25) is 0 Å². The Labute approximate surface area is 108 Å². The number of hydrogen-bond acceptors (Lipinski definition) is 3. The maximum atomic E-state index is 13.5. The number of halogens is 3. The van der Waals surface area contributed by atoms with Crippen molar-refractivity contribution in [2.24, 2.45) is 0 Å². The average molecular weight is 273 g/mol. The molecule has 7 heteroatoms. The number of fused-ring (bicyclic) bond motifs is 1. The summed E-state index contributed by atoms with van der Waals surface area (Å²) in [6, 6.07) is 1.08. The van der Waals surface area contributed by atoms with E-state index in [0.29, 0.717) is 13.3 Å². The molecule has 0 fully saturated rings. The zero-order chi connectivity index (χ0) is 14.0. The van der Waals surface area contributed by atoms with E-state index in [9.17, 15) is 13.2 Å². The van der Waals surface area contributed by atoms with Crippen LogP contribution < -0.4 is 4.84 Å². The molecule has 0 saturated carbocycles. The molecule has 0 amide bonds. The molecule has 2 aromatic heterocycles. The predicted octanol–water partition coefficient (Wildman–Crippen LogP) is 2.91. The lowest BCUT2D eigenvalue weighted by atomic mass is 10.4. The number of alkyl halides is 2. The zero-order valence-electron chi connectivity index (χ0n) is 10.7. The van der Waals surface area contributed by atoms with Crippen LogP contribution in [-0.4, -0.2) is 21.3 Å². The molecule has 0 spiro atoms. The molecule has 0 aliphatic carbocycles. The fourth-order valence-electron chi connectivity index (χ4n) is 1.62. The van der Waals surface area contributed by atoms with Gasteiger partial charge in [0.05, 0.1) is 6.20 Å². The highest BCUT2D eigenvalue weighted by atomic mass is 19.3. The first-order valence-corrected chi connectivity index (χ1v) is 5.99. The molecular formula is C12H14F3N3O. The van der Waals surface area contributed by atoms with Gasteiger partial charge in [0, 0.05) is 13.0 Å². The lowest BCUT2D eigenvalue weighted by molar-refractivity contribution is -0.0188. The van der Waals surface area contributed by atoms with Gasteiger partial charge in [-0.1, -0.05) is 13.3 Å². The highest BCUT2D eigenvalue weighted by Gasteiger charge is 2.33. The minimum absolute atomic E-state index is 0.0365. The highest BCUT2D eigenvalue weighted by Crippen LogP contribution is 2.28. The molecule has 0 atom stereocenters. The molecule has 0 aromatic carbocycles. The number of imidazole rings is 1. The Bertz CT molecular complexity index is 577. The van der Waals surface area contributed by atoms with Crippen molar-refractivity contribution in [3.05, 3.63) is 23.9 Å². The Kier molecular flexibility index (Phi) is 3.64. The zero-order valence-corrected chi connectivity index (χ0v) is 10.7. The van der Waals surface area contributed by atoms with Gasteiger partial charge in [-0.05, 0) is 6.42 Å². The molecule has 0 saturated heterocycles. The third-order valence-electron chi connectivity index (χ3n) is 2.55. The van der Waals surface area contributed by atoms with Crippen LogP contribution in [0.3, 0.4) is 0 Å². The van der Waals surface area contributed by atoms with Crippen LogP contribution in [0, 0.1) is 5.82 Å². The van der Waals surface area contributed by atoms with Crippen LogP contribution in [-0.2, 0) is 5.92 Å². The quantitative estimate of drug-likeness (QED) is 0.786. The molecule has 2 heterocycles. The first-order valence-electron chi connectivity index (χ1n) is 5.99. The van der Waals surface area contributed by atoms with Crippen molar-refractivity contribution < 1.29 is 18.0 Å². The van der Waals surface area contributed by atoms with Crippen molar-refractivity contribution in [1.29, 1.82) is 0 Å². The fraction of sp³-hybridized carbons (Fsp3) is 0.500. The van der Waals surface area contributed by atoms with Crippen molar-refractivity contribution in [1.82, 2.24) is 14.7 Å². The normalized spacial score (nSPS) is 12.1. The summed E-state index contributed by atoms with van der Waals surface area (Å²) in [5, 5.41) is 0. The van der Waals surface area contributed by atoms with Crippen LogP contribution >= 0.6 is 0 Å². The third-order valence-corrected chi connectivity index (χ3v) is 2.55. The minimum atomic E-state index is -3.19. The standard InChI is InChI=1S/C12H14F3N3O/c1-3-4-5-19-18-9-6-8(13)7-16-10(9)17-11(18)12(2,14)15/h6-7H,3-5H2,1-2H3. The summed E-state index contributed by atoms with van der Waals surface area (Å²) in [6.07, 6.45) is 2.50. The maximum Gasteiger partial charge on any atom is 0.305 e. The van der Waals surface area contributed by atoms with Gasteiger partial charge in [-0.3, -0.25) is 0 Å². The molecule has 4 nitrogen and oxygen atoms in total. The summed E-state index contributed by atoms with van der Waals surface area (Å²) in [5.74, 6) is -4.39. The largest absolute Gasteiger partial charge is 0.412 e. The van der Waals surface area contributed by atoms with Crippen molar-refractivity contribution in [3.63, 3.8) is 0 Å². The van der Waals surface area contributed by atoms with E-state index >= 15 is 0 Å². The van der Waals surface area contributed by atoms with Crippen molar-refractivity contribution >= 4 is 11.2 Å². The second kappa shape index (κ2) is 5.07. The smallest absolute Gasteiger partial charge is 0.305 e. The van der Waals surface area contributed by atoms with E-state index in [0.717, 1.165) is 23.4 Å². The number of rotatable bonds is 5. The lowest BCUT2D eigenvalue weighted by Gasteiger charge is -2.14. The number of aromatic nitrogens is 3. The van der Waals surface area contributed by atoms with Gasteiger partial charge in [-0.15, -0.1) is 0 Å². The first-order chi connectivity index (χ1) is 8.93. The summed E-state index contributed by atoms with van der Waals surface area (Å²) >= 11 is 0. The molecular weight excluding hydrogens is 259 g/mol. The van der Waals surface area contributed by atoms with Crippen LogP contribution in [0.5, 0.6) is 0 Å². The van der Waals surface area contributed by atoms with Crippen molar-refractivity contribution in [3.8, 4) is 0 Å². The Hall–Kier alpha value is -1.79. The summed E-state index contributed by atoms with van der Waals surface area (Å²) in [7, 11) is 0. The number of nitrogens with zero attached hydrogens (tertiary/aromatic N) is 3. The van der Waals surface area contributed by atoms with Gasteiger partial charge in [-0.25, -0.2) is 14.4 Å². The summed E-state index contributed by atoms with van der Waals surface area (Å²) in [5.41, 5.74) is 0.141. The minimum Gasteiger partial charge on any atom is -0.412 e. The summed E-state index contributed by atoms with van der Waals surface area (Å²) in [4.78, 5) is 12.7. The molecule has 0 N–H and O–H groups in total. The van der Waals surface area contributed by atoms with Gasteiger partial charge in [-0.2, -0.15) is 13.5 Å². The Morgan fingerprint density at radius 2 is 2.16 bits per heavy atom. The van der Waals surface area contributed by atoms with Gasteiger partial charge in [0.25, 0.3) is 0 Å². The summed E-state index contributed by atoms with van der Waals surface area (Å²) < 4.78 is 41.0. The molecule has 2 rings (SSSR count). The average Bonchev–Trinajstić information content (AvgIpc) is 2.68. The summed E-state index contributed by atoms with van der Waals surface area (Å²) in [6.45, 7) is 2.91. The molecule has 0 unspecified atom stereocenters. The number of pyridine rings is 1. The third kappa shape index (κ3) is 2.80. The Morgan fingerprint density at radius 1 is 1.42 bits per heavy atom. The van der Waals surface area contributed by atoms with E-state index < -0.39 is 17.6 Å². The van der Waals surface area contributed by atoms with Crippen LogP contribution in [0.15, 0.2) is 12.3 Å². The first kappa shape index (κ1) is 13.6. The molecule has 0 radical (unpaired) electrons. The SMILES string of the molecule is CCCCOn1c(C(C)(F)F)nc2ncc(F)cc21. The molecule has 0 aliphatic rings. The molecule has 0 bridgehead atoms. The van der Waals surface area contributed by atoms with E-state index in [1.54, 1.807) is 0 Å². The topological polar surface area (TPSA) is 39.9 Å². The molecule has 104 valence electrons. The second-order valence-corrected chi connectivity index (χ2v) is 4.30. The molecule has 2 aromatic rings. The van der Waals surface area contributed by atoms with Crippen molar-refractivity contribution in [2.75, 3.05) is 6.61 Å². The lowest BCUT2D eigenvalue weighted by Crippen LogP contribution is -2.22. The molecule has 0 aliphatic heterocycles. The van der Waals surface area contributed by atoms with Gasteiger partial charge in [0.2, 0.25) is 5.82 Å². The maximum absolute atomic E-state index is 13.5. The van der Waals surface area contributed by atoms with Crippen molar-refractivity contribution in [2.45, 2.75) is 32.6 Å². The van der Waals surface area contributed by atoms with Crippen LogP contribution in [0.25, 0.3) is 11.2 Å². The van der Waals surface area contributed by atoms with Gasteiger partial charge in [0.1, 0.15) is 17.9 Å². The number of hydrogen-bond donors (Lipinski definition) is 0. The van der Waals surface area contributed by atoms with E-state index in [2.05, 4.69) is 9.97 Å². The van der Waals surface area contributed by atoms with Gasteiger partial charge < -0.3 is 4.84 Å². The predicted molar refractivity (Wildman–Crippen MR) is 63.4 cm³/mol. The monoisotopic (exact) mass is 273 g/mol. The Balaban J connectivity index is 2.50. The van der Waals surface area contributed by atoms with Gasteiger partial charge >= 0.3 is 5.92 Å². The Morgan fingerprint density at radius 3 is 2.79 bits per heavy atom. The van der Waals surface area contributed by atoms with Crippen LogP contribution in [0.1, 0.15) is 32.5 Å². The van der Waals surface area contributed by atoms with Crippen LogP contribution in [0.4, 0.5) is 13.2 Å². The van der Waals surface area contributed by atoms with E-state index in [1.165, 1.54) is 0 Å².